The first-order valence-corrected chi connectivity index (χ1v) is 13.7. The van der Waals surface area contributed by atoms with Gasteiger partial charge in [0.05, 0.1) is 35.5 Å². The van der Waals surface area contributed by atoms with Crippen LogP contribution in [0.4, 0.5) is 10.2 Å². The van der Waals surface area contributed by atoms with Crippen LogP contribution in [0.2, 0.25) is 5.02 Å². The standard InChI is InChI=1S/C29H25ClFN7O/c30-21-4-3-16(31)9-19(21)22-10-18-17(5-6-34-27(18)35-22)28-36-23-12-32-11-20(15-1-2-15)26(23)29(37-28)38-7-8-39-25-14-33-13-24(25)38/h3-6,9-12,15,24-25,33H,1-2,7-8,13-14H2,(H,34,35). The van der Waals surface area contributed by atoms with Crippen LogP contribution in [0.3, 0.4) is 0 Å². The largest absolute Gasteiger partial charge is 0.373 e. The SMILES string of the molecule is Fc1ccc(Cl)c(-c2cc3c(-c4nc(N5CCOC6CNCC65)c5c(C6CC6)cncc5n4)ccnc3[nH]2)c1. The molecule has 3 aliphatic rings. The van der Waals surface area contributed by atoms with E-state index in [-0.39, 0.29) is 18.0 Å². The van der Waals surface area contributed by atoms with E-state index in [1.807, 2.05) is 24.5 Å². The maximum atomic E-state index is 14.1. The molecule has 0 amide bonds. The Bertz CT molecular complexity index is 1750. The number of benzene rings is 1. The molecule has 8 nitrogen and oxygen atoms in total. The molecule has 8 rings (SSSR count). The molecule has 0 radical (unpaired) electrons. The molecular weight excluding hydrogens is 517 g/mol. The number of anilines is 1. The number of hydrogen-bond donors (Lipinski definition) is 2. The summed E-state index contributed by atoms with van der Waals surface area (Å²) in [7, 11) is 0. The Morgan fingerprint density at radius 3 is 2.87 bits per heavy atom. The molecule has 3 fully saturated rings. The zero-order valence-corrected chi connectivity index (χ0v) is 21.7. The normalized spacial score (nSPS) is 21.1. The Labute approximate surface area is 228 Å². The predicted molar refractivity (Wildman–Crippen MR) is 149 cm³/mol. The Balaban J connectivity index is 1.33. The summed E-state index contributed by atoms with van der Waals surface area (Å²) < 4.78 is 20.1. The molecule has 4 aromatic heterocycles. The minimum atomic E-state index is -0.354. The van der Waals surface area contributed by atoms with Crippen LogP contribution < -0.4 is 10.2 Å². The molecule has 0 spiro atoms. The zero-order valence-electron chi connectivity index (χ0n) is 21.0. The van der Waals surface area contributed by atoms with Gasteiger partial charge >= 0.3 is 0 Å². The van der Waals surface area contributed by atoms with Crippen molar-refractivity contribution in [3.05, 3.63) is 65.3 Å². The third-order valence-electron chi connectivity index (χ3n) is 8.09. The van der Waals surface area contributed by atoms with Crippen LogP contribution in [0.1, 0.15) is 24.3 Å². The lowest BCUT2D eigenvalue weighted by Crippen LogP contribution is -2.51. The first kappa shape index (κ1) is 23.2. The summed E-state index contributed by atoms with van der Waals surface area (Å²) >= 11 is 6.42. The molecule has 0 bridgehead atoms. The number of aromatic nitrogens is 5. The molecule has 1 saturated carbocycles. The lowest BCUT2D eigenvalue weighted by Gasteiger charge is -2.38. The average molecular weight is 542 g/mol. The van der Waals surface area contributed by atoms with Gasteiger partial charge in [0.15, 0.2) is 5.82 Å². The average Bonchev–Trinajstić information content (AvgIpc) is 3.52. The topological polar surface area (TPSA) is 91.8 Å². The molecule has 5 aromatic rings. The quantitative estimate of drug-likeness (QED) is 0.328. The van der Waals surface area contributed by atoms with Crippen LogP contribution in [-0.4, -0.2) is 63.3 Å². The van der Waals surface area contributed by atoms with Gasteiger partial charge in [0, 0.05) is 59.6 Å². The number of morpholine rings is 1. The summed E-state index contributed by atoms with van der Waals surface area (Å²) in [6, 6.07) is 8.40. The lowest BCUT2D eigenvalue weighted by atomic mass is 10.0. The van der Waals surface area contributed by atoms with Gasteiger partial charge in [0.2, 0.25) is 0 Å². The molecule has 6 heterocycles. The lowest BCUT2D eigenvalue weighted by molar-refractivity contribution is 0.0348. The van der Waals surface area contributed by atoms with Crippen LogP contribution in [0.5, 0.6) is 0 Å². The van der Waals surface area contributed by atoms with Crippen molar-refractivity contribution in [1.82, 2.24) is 30.2 Å². The van der Waals surface area contributed by atoms with E-state index in [0.717, 1.165) is 47.3 Å². The fourth-order valence-electron chi connectivity index (χ4n) is 6.04. The van der Waals surface area contributed by atoms with Crippen molar-refractivity contribution in [3.63, 3.8) is 0 Å². The second kappa shape index (κ2) is 8.94. The number of hydrogen-bond acceptors (Lipinski definition) is 7. The molecule has 10 heteroatoms. The van der Waals surface area contributed by atoms with Crippen molar-refractivity contribution in [3.8, 4) is 22.6 Å². The van der Waals surface area contributed by atoms with Gasteiger partial charge in [-0.05, 0) is 54.7 Å². The van der Waals surface area contributed by atoms with E-state index in [4.69, 9.17) is 26.3 Å². The molecule has 2 atom stereocenters. The van der Waals surface area contributed by atoms with E-state index < -0.39 is 0 Å². The summed E-state index contributed by atoms with van der Waals surface area (Å²) in [5.74, 6) is 1.69. The minimum Gasteiger partial charge on any atom is -0.373 e. The van der Waals surface area contributed by atoms with Gasteiger partial charge in [-0.3, -0.25) is 4.98 Å². The second-order valence-electron chi connectivity index (χ2n) is 10.5. The molecule has 2 saturated heterocycles. The van der Waals surface area contributed by atoms with Gasteiger partial charge in [0.25, 0.3) is 0 Å². The second-order valence-corrected chi connectivity index (χ2v) is 10.9. The third kappa shape index (κ3) is 3.87. The van der Waals surface area contributed by atoms with E-state index in [0.29, 0.717) is 40.3 Å². The number of nitrogens with one attached hydrogen (secondary N) is 2. The molecule has 2 aliphatic heterocycles. The number of pyridine rings is 2. The summed E-state index contributed by atoms with van der Waals surface area (Å²) in [4.78, 5) is 25.1. The van der Waals surface area contributed by atoms with Crippen LogP contribution >= 0.6 is 11.6 Å². The Hall–Kier alpha value is -3.66. The summed E-state index contributed by atoms with van der Waals surface area (Å²) in [5, 5.41) is 5.88. The van der Waals surface area contributed by atoms with Crippen molar-refractivity contribution < 1.29 is 9.13 Å². The van der Waals surface area contributed by atoms with Crippen molar-refractivity contribution in [2.75, 3.05) is 31.1 Å². The van der Waals surface area contributed by atoms with Crippen molar-refractivity contribution in [2.45, 2.75) is 30.9 Å². The summed E-state index contributed by atoms with van der Waals surface area (Å²) in [6.07, 6.45) is 8.03. The Morgan fingerprint density at radius 2 is 1.97 bits per heavy atom. The zero-order chi connectivity index (χ0) is 26.1. The van der Waals surface area contributed by atoms with Gasteiger partial charge in [0.1, 0.15) is 17.3 Å². The van der Waals surface area contributed by atoms with E-state index >= 15 is 0 Å². The number of H-pyrrole nitrogens is 1. The van der Waals surface area contributed by atoms with Crippen molar-refractivity contribution in [2.24, 2.45) is 0 Å². The highest BCUT2D eigenvalue weighted by molar-refractivity contribution is 6.33. The summed E-state index contributed by atoms with van der Waals surface area (Å²) in [6.45, 7) is 3.11. The third-order valence-corrected chi connectivity index (χ3v) is 8.42. The van der Waals surface area contributed by atoms with E-state index in [9.17, 15) is 4.39 Å². The molecular formula is C29H25ClFN7O. The number of rotatable bonds is 4. The maximum absolute atomic E-state index is 14.1. The van der Waals surface area contributed by atoms with Crippen LogP contribution in [0, 0.1) is 5.82 Å². The monoisotopic (exact) mass is 541 g/mol. The molecule has 1 aliphatic carbocycles. The molecule has 39 heavy (non-hydrogen) atoms. The number of fused-ring (bicyclic) bond motifs is 3. The highest BCUT2D eigenvalue weighted by Crippen LogP contribution is 2.45. The number of aromatic amines is 1. The molecule has 1 aromatic carbocycles. The predicted octanol–water partition coefficient (Wildman–Crippen LogP) is 5.08. The first-order chi connectivity index (χ1) is 19.1. The van der Waals surface area contributed by atoms with Crippen LogP contribution in [0.25, 0.3) is 44.6 Å². The minimum absolute atomic E-state index is 0.134. The van der Waals surface area contributed by atoms with Gasteiger partial charge < -0.3 is 19.9 Å². The van der Waals surface area contributed by atoms with E-state index in [2.05, 4.69) is 25.2 Å². The van der Waals surface area contributed by atoms with Crippen molar-refractivity contribution in [1.29, 1.82) is 0 Å². The summed E-state index contributed by atoms with van der Waals surface area (Å²) in [5.41, 5.74) is 4.82. The first-order valence-electron chi connectivity index (χ1n) is 13.3. The van der Waals surface area contributed by atoms with Gasteiger partial charge in [-0.25, -0.2) is 19.3 Å². The molecule has 2 unspecified atom stereocenters. The van der Waals surface area contributed by atoms with Crippen molar-refractivity contribution >= 4 is 39.4 Å². The fraction of sp³-hybridized carbons (Fsp3) is 0.310. The van der Waals surface area contributed by atoms with Crippen LogP contribution in [0.15, 0.2) is 48.9 Å². The number of halogens is 2. The highest BCUT2D eigenvalue weighted by Gasteiger charge is 2.39. The van der Waals surface area contributed by atoms with Gasteiger partial charge in [-0.1, -0.05) is 11.6 Å². The van der Waals surface area contributed by atoms with Gasteiger partial charge in [-0.15, -0.1) is 0 Å². The smallest absolute Gasteiger partial charge is 0.163 e. The Kier molecular flexibility index (Phi) is 5.33. The molecule has 196 valence electrons. The number of nitrogens with zero attached hydrogens (tertiary/aromatic N) is 5. The van der Waals surface area contributed by atoms with E-state index in [1.165, 1.54) is 30.5 Å². The Morgan fingerprint density at radius 1 is 1.05 bits per heavy atom. The number of ether oxygens (including phenoxy) is 1. The van der Waals surface area contributed by atoms with Gasteiger partial charge in [-0.2, -0.15) is 0 Å². The van der Waals surface area contributed by atoms with Crippen LogP contribution in [-0.2, 0) is 4.74 Å². The fourth-order valence-corrected chi connectivity index (χ4v) is 6.26. The highest BCUT2D eigenvalue weighted by atomic mass is 35.5. The molecule has 2 N–H and O–H groups in total. The van der Waals surface area contributed by atoms with E-state index in [1.54, 1.807) is 12.3 Å². The maximum Gasteiger partial charge on any atom is 0.163 e.